The molecule has 0 aliphatic carbocycles. The van der Waals surface area contributed by atoms with Crippen molar-refractivity contribution < 1.29 is 0 Å². The van der Waals surface area contributed by atoms with Crippen molar-refractivity contribution in [2.45, 2.75) is 0 Å². The molecule has 0 heteroatoms. The average molecular weight is 635 g/mol. The summed E-state index contributed by atoms with van der Waals surface area (Å²) in [7, 11) is 0. The molecule has 0 atom stereocenters. The number of rotatable bonds is 6. The van der Waals surface area contributed by atoms with Crippen LogP contribution in [0.1, 0.15) is 0 Å². The summed E-state index contributed by atoms with van der Waals surface area (Å²) < 4.78 is 0. The maximum atomic E-state index is 2.43. The zero-order valence-corrected chi connectivity index (χ0v) is 27.6. The van der Waals surface area contributed by atoms with Crippen LogP contribution in [0.4, 0.5) is 0 Å². The van der Waals surface area contributed by atoms with Gasteiger partial charge in [0.2, 0.25) is 0 Å². The van der Waals surface area contributed by atoms with Gasteiger partial charge in [0.1, 0.15) is 0 Å². The van der Waals surface area contributed by atoms with Crippen LogP contribution in [-0.2, 0) is 0 Å². The van der Waals surface area contributed by atoms with Gasteiger partial charge in [-0.15, -0.1) is 0 Å². The first-order chi connectivity index (χ1) is 24.9. The molecule has 9 aromatic rings. The van der Waals surface area contributed by atoms with Gasteiger partial charge >= 0.3 is 0 Å². The molecule has 234 valence electrons. The highest BCUT2D eigenvalue weighted by Crippen LogP contribution is 2.56. The summed E-state index contributed by atoms with van der Waals surface area (Å²) in [5, 5.41) is 5.00. The summed E-state index contributed by atoms with van der Waals surface area (Å²) in [5.41, 5.74) is 14.6. The lowest BCUT2D eigenvalue weighted by molar-refractivity contribution is 1.52. The molecule has 0 aromatic heterocycles. The van der Waals surface area contributed by atoms with Gasteiger partial charge in [0, 0.05) is 0 Å². The van der Waals surface area contributed by atoms with Crippen molar-refractivity contribution in [3.8, 4) is 66.8 Å². The molecule has 9 aromatic carbocycles. The van der Waals surface area contributed by atoms with E-state index in [1.54, 1.807) is 0 Å². The quantitative estimate of drug-likeness (QED) is 0.160. The fraction of sp³-hybridized carbons (Fsp3) is 0. The molecule has 0 heterocycles. The normalized spacial score (nSPS) is 11.2. The van der Waals surface area contributed by atoms with E-state index in [0.29, 0.717) is 0 Å². The van der Waals surface area contributed by atoms with Gasteiger partial charge in [-0.1, -0.05) is 200 Å². The minimum Gasteiger partial charge on any atom is -0.0622 e. The summed E-state index contributed by atoms with van der Waals surface area (Å²) in [4.78, 5) is 0. The van der Waals surface area contributed by atoms with Gasteiger partial charge in [0.05, 0.1) is 0 Å². The van der Waals surface area contributed by atoms with Crippen LogP contribution in [0.25, 0.3) is 88.3 Å². The Hall–Kier alpha value is -6.50. The molecule has 0 radical (unpaired) electrons. The second kappa shape index (κ2) is 12.8. The second-order valence-electron chi connectivity index (χ2n) is 12.8. The Morgan fingerprint density at radius 2 is 0.480 bits per heavy atom. The number of fused-ring (bicyclic) bond motifs is 3. The predicted octanol–water partition coefficient (Wildman–Crippen LogP) is 14.0. The number of hydrogen-bond donors (Lipinski definition) is 0. The van der Waals surface area contributed by atoms with Gasteiger partial charge in [-0.2, -0.15) is 0 Å². The molecular formula is C50H34. The molecule has 50 heavy (non-hydrogen) atoms. The van der Waals surface area contributed by atoms with Crippen LogP contribution < -0.4 is 0 Å². The van der Waals surface area contributed by atoms with Crippen molar-refractivity contribution in [3.63, 3.8) is 0 Å². The number of hydrogen-bond acceptors (Lipinski definition) is 0. The second-order valence-corrected chi connectivity index (χ2v) is 12.8. The Morgan fingerprint density at radius 3 is 0.860 bits per heavy atom. The summed E-state index contributed by atoms with van der Waals surface area (Å²) in [5.74, 6) is 0. The third kappa shape index (κ3) is 5.10. The summed E-state index contributed by atoms with van der Waals surface area (Å²) in [6.07, 6.45) is 0. The lowest BCUT2D eigenvalue weighted by Gasteiger charge is -2.29. The molecule has 0 spiro atoms. The molecule has 0 N–H and O–H groups in total. The maximum Gasteiger partial charge on any atom is -0.000741 e. The van der Waals surface area contributed by atoms with Gasteiger partial charge in [0.25, 0.3) is 0 Å². The van der Waals surface area contributed by atoms with Gasteiger partial charge in [-0.3, -0.25) is 0 Å². The van der Waals surface area contributed by atoms with E-state index in [-0.39, 0.29) is 0 Å². The van der Waals surface area contributed by atoms with Crippen molar-refractivity contribution in [2.24, 2.45) is 0 Å². The lowest BCUT2D eigenvalue weighted by Crippen LogP contribution is -2.02. The van der Waals surface area contributed by atoms with Crippen LogP contribution in [0.3, 0.4) is 0 Å². The fourth-order valence-corrected chi connectivity index (χ4v) is 7.75. The summed E-state index contributed by atoms with van der Waals surface area (Å²) in [6.45, 7) is 0. The largest absolute Gasteiger partial charge is 0.0622 e. The molecule has 0 nitrogen and oxygen atoms in total. The van der Waals surface area contributed by atoms with E-state index in [2.05, 4.69) is 206 Å². The summed E-state index contributed by atoms with van der Waals surface area (Å²) in [6, 6.07) is 75.1. The van der Waals surface area contributed by atoms with Crippen LogP contribution in [0, 0.1) is 0 Å². The van der Waals surface area contributed by atoms with Gasteiger partial charge in [-0.25, -0.2) is 0 Å². The molecule has 0 unspecified atom stereocenters. The lowest BCUT2D eigenvalue weighted by atomic mass is 9.73. The monoisotopic (exact) mass is 634 g/mol. The van der Waals surface area contributed by atoms with Crippen LogP contribution in [-0.4, -0.2) is 0 Å². The Bertz CT molecular complexity index is 2480. The zero-order chi connectivity index (χ0) is 33.3. The van der Waals surface area contributed by atoms with E-state index < -0.39 is 0 Å². The Morgan fingerprint density at radius 1 is 0.200 bits per heavy atom. The Kier molecular flexibility index (Phi) is 7.61. The van der Waals surface area contributed by atoms with E-state index in [0.717, 1.165) is 0 Å². The Labute approximate surface area is 293 Å². The minimum atomic E-state index is 1.19. The van der Waals surface area contributed by atoms with Crippen molar-refractivity contribution in [1.82, 2.24) is 0 Å². The highest BCUT2D eigenvalue weighted by molar-refractivity contribution is 6.21. The van der Waals surface area contributed by atoms with E-state index in [9.17, 15) is 0 Å². The first-order valence-corrected chi connectivity index (χ1v) is 17.3. The van der Waals surface area contributed by atoms with Crippen LogP contribution in [0.5, 0.6) is 0 Å². The topological polar surface area (TPSA) is 0 Å². The first-order valence-electron chi connectivity index (χ1n) is 17.3. The number of benzene rings is 9. The predicted molar refractivity (Wildman–Crippen MR) is 214 cm³/mol. The third-order valence-corrected chi connectivity index (χ3v) is 9.85. The van der Waals surface area contributed by atoms with Gasteiger partial charge < -0.3 is 0 Å². The van der Waals surface area contributed by atoms with Crippen molar-refractivity contribution in [3.05, 3.63) is 206 Å². The highest BCUT2D eigenvalue weighted by atomic mass is 14.3. The molecule has 9 rings (SSSR count). The standard InChI is InChI=1S/C50H34/c1-6-20-35(21-7-1)45-46(36-22-8-2-9-23-36)48(38-26-12-4-13-27-38)50(44-34-40-30-16-17-31-41(40)42-32-18-19-33-43(42)44)49(39-28-14-5-15-29-39)47(45)37-24-10-3-11-25-37/h1-34H. The van der Waals surface area contributed by atoms with Crippen molar-refractivity contribution in [2.75, 3.05) is 0 Å². The SMILES string of the molecule is c1ccc(-c2c(-c3ccccc3)c(-c3ccccc3)c(-c3cc4ccccc4c4ccccc34)c(-c3ccccc3)c2-c2ccccc2)cc1. The molecular weight excluding hydrogens is 601 g/mol. The average Bonchev–Trinajstić information content (AvgIpc) is 3.21. The van der Waals surface area contributed by atoms with Crippen molar-refractivity contribution >= 4 is 21.5 Å². The van der Waals surface area contributed by atoms with E-state index in [4.69, 9.17) is 0 Å². The van der Waals surface area contributed by atoms with Crippen LogP contribution in [0.15, 0.2) is 206 Å². The fourth-order valence-electron chi connectivity index (χ4n) is 7.75. The van der Waals surface area contributed by atoms with E-state index >= 15 is 0 Å². The van der Waals surface area contributed by atoms with Crippen molar-refractivity contribution in [1.29, 1.82) is 0 Å². The third-order valence-electron chi connectivity index (χ3n) is 9.85. The van der Waals surface area contributed by atoms with E-state index in [1.165, 1.54) is 88.3 Å². The maximum absolute atomic E-state index is 2.43. The molecule has 0 bridgehead atoms. The van der Waals surface area contributed by atoms with E-state index in [1.807, 2.05) is 0 Å². The smallest absolute Gasteiger partial charge is 0.000741 e. The van der Waals surface area contributed by atoms with Gasteiger partial charge in [-0.05, 0) is 94.4 Å². The molecule has 0 aliphatic rings. The van der Waals surface area contributed by atoms with Crippen LogP contribution in [0.2, 0.25) is 0 Å². The highest BCUT2D eigenvalue weighted by Gasteiger charge is 2.29. The molecule has 0 aliphatic heterocycles. The molecule has 0 saturated carbocycles. The van der Waals surface area contributed by atoms with Gasteiger partial charge in [0.15, 0.2) is 0 Å². The Balaban J connectivity index is 1.63. The molecule has 0 fully saturated rings. The molecule has 0 saturated heterocycles. The zero-order valence-electron chi connectivity index (χ0n) is 27.6. The summed E-state index contributed by atoms with van der Waals surface area (Å²) >= 11 is 0. The van der Waals surface area contributed by atoms with Crippen LogP contribution >= 0.6 is 0 Å². The first kappa shape index (κ1) is 29.6. The minimum absolute atomic E-state index is 1.19. The molecule has 0 amide bonds.